The molecule has 0 fully saturated rings. The lowest BCUT2D eigenvalue weighted by atomic mass is 10.1. The molecule has 0 saturated heterocycles. The Bertz CT molecular complexity index is 592. The quantitative estimate of drug-likeness (QED) is 0.518. The third kappa shape index (κ3) is 2.24. The van der Waals surface area contributed by atoms with Gasteiger partial charge < -0.3 is 28.3 Å². The number of hydrogen-bond donors (Lipinski definition) is 5. The van der Waals surface area contributed by atoms with Crippen LogP contribution in [0.2, 0.25) is 0 Å². The number of hydrogen-bond acceptors (Lipinski definition) is 5. The predicted octanol–water partition coefficient (Wildman–Crippen LogP) is 2.07. The molecule has 9 N–H and O–H groups in total. The molecule has 2 rings (SSSR count). The zero-order valence-electron chi connectivity index (χ0n) is 10.2. The van der Waals surface area contributed by atoms with Crippen molar-refractivity contribution in [2.45, 2.75) is 6.92 Å². The van der Waals surface area contributed by atoms with Gasteiger partial charge in [-0.2, -0.15) is 0 Å². The molecule has 5 nitrogen and oxygen atoms in total. The van der Waals surface area contributed by atoms with Gasteiger partial charge in [-0.15, -0.1) is 0 Å². The van der Waals surface area contributed by atoms with Crippen LogP contribution < -0.4 is 28.3 Å². The third-order valence-corrected chi connectivity index (χ3v) is 2.78. The van der Waals surface area contributed by atoms with E-state index in [9.17, 15) is 0 Å². The Morgan fingerprint density at radius 1 is 0.778 bits per heavy atom. The minimum atomic E-state index is 0.600. The van der Waals surface area contributed by atoms with Crippen molar-refractivity contribution in [2.24, 2.45) is 0 Å². The van der Waals surface area contributed by atoms with Gasteiger partial charge in [0.1, 0.15) is 0 Å². The van der Waals surface area contributed by atoms with E-state index in [1.807, 2.05) is 13.0 Å². The van der Waals surface area contributed by atoms with Gasteiger partial charge in [-0.3, -0.25) is 0 Å². The number of rotatable bonds is 2. The number of nitrogens with one attached hydrogen (secondary N) is 1. The molecule has 0 spiro atoms. The van der Waals surface area contributed by atoms with Gasteiger partial charge in [0.2, 0.25) is 0 Å². The highest BCUT2D eigenvalue weighted by atomic mass is 14.9. The largest absolute Gasteiger partial charge is 0.399 e. The van der Waals surface area contributed by atoms with E-state index in [2.05, 4.69) is 5.32 Å². The summed E-state index contributed by atoms with van der Waals surface area (Å²) in [6.45, 7) is 1.91. The third-order valence-electron chi connectivity index (χ3n) is 2.78. The highest BCUT2D eigenvalue weighted by molar-refractivity contribution is 5.82. The Balaban J connectivity index is 2.40. The molecule has 0 atom stereocenters. The summed E-state index contributed by atoms with van der Waals surface area (Å²) >= 11 is 0. The minimum absolute atomic E-state index is 0.600. The van der Waals surface area contributed by atoms with Crippen molar-refractivity contribution in [3.05, 3.63) is 35.9 Å². The number of anilines is 6. The fourth-order valence-corrected chi connectivity index (χ4v) is 1.68. The number of nitrogen functional groups attached to an aromatic ring is 4. The van der Waals surface area contributed by atoms with Crippen molar-refractivity contribution < 1.29 is 0 Å². The monoisotopic (exact) mass is 243 g/mol. The van der Waals surface area contributed by atoms with E-state index < -0.39 is 0 Å². The van der Waals surface area contributed by atoms with Gasteiger partial charge in [0.25, 0.3) is 0 Å². The second kappa shape index (κ2) is 4.37. The van der Waals surface area contributed by atoms with Crippen LogP contribution in [0.3, 0.4) is 0 Å². The number of benzene rings is 2. The van der Waals surface area contributed by atoms with E-state index in [-0.39, 0.29) is 0 Å². The smallest absolute Gasteiger partial charge is 0.0639 e. The fourth-order valence-electron chi connectivity index (χ4n) is 1.68. The van der Waals surface area contributed by atoms with Crippen LogP contribution in [0.15, 0.2) is 30.3 Å². The van der Waals surface area contributed by atoms with Crippen LogP contribution in [0.25, 0.3) is 0 Å². The first kappa shape index (κ1) is 11.9. The second-order valence-corrected chi connectivity index (χ2v) is 4.27. The Morgan fingerprint density at radius 2 is 1.44 bits per heavy atom. The predicted molar refractivity (Wildman–Crippen MR) is 78.6 cm³/mol. The molecule has 2 aromatic rings. The Morgan fingerprint density at radius 3 is 2.17 bits per heavy atom. The molecule has 0 aromatic heterocycles. The van der Waals surface area contributed by atoms with E-state index in [4.69, 9.17) is 22.9 Å². The summed E-state index contributed by atoms with van der Waals surface area (Å²) in [7, 11) is 0. The summed E-state index contributed by atoms with van der Waals surface area (Å²) in [4.78, 5) is 0. The van der Waals surface area contributed by atoms with Gasteiger partial charge in [0, 0.05) is 11.4 Å². The van der Waals surface area contributed by atoms with Crippen LogP contribution in [0.1, 0.15) is 5.56 Å². The van der Waals surface area contributed by atoms with Crippen LogP contribution >= 0.6 is 0 Å². The van der Waals surface area contributed by atoms with Crippen molar-refractivity contribution >= 4 is 34.1 Å². The summed E-state index contributed by atoms with van der Waals surface area (Å²) < 4.78 is 0. The van der Waals surface area contributed by atoms with E-state index >= 15 is 0 Å². The molecular weight excluding hydrogens is 226 g/mol. The first-order chi connectivity index (χ1) is 8.47. The molecule has 0 radical (unpaired) electrons. The highest BCUT2D eigenvalue weighted by Gasteiger charge is 2.06. The zero-order chi connectivity index (χ0) is 13.3. The topological polar surface area (TPSA) is 116 Å². The molecule has 0 bridgehead atoms. The van der Waals surface area contributed by atoms with Gasteiger partial charge in [-0.05, 0) is 42.8 Å². The van der Waals surface area contributed by atoms with Gasteiger partial charge in [-0.25, -0.2) is 0 Å². The van der Waals surface area contributed by atoms with Gasteiger partial charge >= 0.3 is 0 Å². The van der Waals surface area contributed by atoms with Crippen molar-refractivity contribution in [1.82, 2.24) is 0 Å². The SMILES string of the molecule is Cc1cc(N)c(Nc2cc(N)ccc2N)cc1N. The normalized spacial score (nSPS) is 10.3. The molecule has 94 valence electrons. The standard InChI is InChI=1S/C13H17N5/c1-7-4-11(17)13(6-10(7)16)18-12-5-8(14)2-3-9(12)15/h2-6,18H,14-17H2,1H3. The summed E-state index contributed by atoms with van der Waals surface area (Å²) in [6.07, 6.45) is 0. The average molecular weight is 243 g/mol. The van der Waals surface area contributed by atoms with Crippen LogP contribution in [-0.4, -0.2) is 0 Å². The van der Waals surface area contributed by atoms with Crippen LogP contribution in [0, 0.1) is 6.92 Å². The molecule has 2 aromatic carbocycles. The van der Waals surface area contributed by atoms with Crippen molar-refractivity contribution in [3.8, 4) is 0 Å². The van der Waals surface area contributed by atoms with Gasteiger partial charge in [-0.1, -0.05) is 0 Å². The summed E-state index contributed by atoms with van der Waals surface area (Å²) in [5, 5.41) is 3.14. The summed E-state index contributed by atoms with van der Waals surface area (Å²) in [5.41, 5.74) is 28.3. The lowest BCUT2D eigenvalue weighted by Crippen LogP contribution is -2.02. The van der Waals surface area contributed by atoms with E-state index in [1.165, 1.54) is 0 Å². The van der Waals surface area contributed by atoms with Crippen LogP contribution in [0.5, 0.6) is 0 Å². The fraction of sp³-hybridized carbons (Fsp3) is 0.0769. The molecule has 0 amide bonds. The van der Waals surface area contributed by atoms with E-state index in [1.54, 1.807) is 24.3 Å². The Hall–Kier alpha value is -2.56. The maximum Gasteiger partial charge on any atom is 0.0639 e. The van der Waals surface area contributed by atoms with Crippen LogP contribution in [0.4, 0.5) is 34.1 Å². The van der Waals surface area contributed by atoms with Gasteiger partial charge in [0.15, 0.2) is 0 Å². The molecule has 0 aliphatic heterocycles. The molecule has 18 heavy (non-hydrogen) atoms. The first-order valence-corrected chi connectivity index (χ1v) is 5.55. The highest BCUT2D eigenvalue weighted by Crippen LogP contribution is 2.31. The molecule has 0 aliphatic rings. The summed E-state index contributed by atoms with van der Waals surface area (Å²) in [5.74, 6) is 0. The molecule has 0 unspecified atom stereocenters. The maximum atomic E-state index is 5.94. The molecule has 5 heteroatoms. The second-order valence-electron chi connectivity index (χ2n) is 4.27. The summed E-state index contributed by atoms with van der Waals surface area (Å²) in [6, 6.07) is 8.84. The molecular formula is C13H17N5. The van der Waals surface area contributed by atoms with Crippen LogP contribution in [-0.2, 0) is 0 Å². The van der Waals surface area contributed by atoms with Crippen molar-refractivity contribution in [3.63, 3.8) is 0 Å². The lowest BCUT2D eigenvalue weighted by Gasteiger charge is -2.14. The molecule has 0 heterocycles. The minimum Gasteiger partial charge on any atom is -0.399 e. The van der Waals surface area contributed by atoms with Crippen molar-refractivity contribution in [1.29, 1.82) is 0 Å². The maximum absolute atomic E-state index is 5.94. The molecule has 0 saturated carbocycles. The van der Waals surface area contributed by atoms with E-state index in [0.29, 0.717) is 28.4 Å². The van der Waals surface area contributed by atoms with Gasteiger partial charge in [0.05, 0.1) is 22.7 Å². The Labute approximate surface area is 106 Å². The number of nitrogens with two attached hydrogens (primary N) is 4. The first-order valence-electron chi connectivity index (χ1n) is 5.55. The lowest BCUT2D eigenvalue weighted by molar-refractivity contribution is 1.45. The molecule has 0 aliphatic carbocycles. The van der Waals surface area contributed by atoms with E-state index in [0.717, 1.165) is 11.3 Å². The Kier molecular flexibility index (Phi) is 2.89. The zero-order valence-corrected chi connectivity index (χ0v) is 10.2. The average Bonchev–Trinajstić information content (AvgIpc) is 2.30. The van der Waals surface area contributed by atoms with Crippen molar-refractivity contribution in [2.75, 3.05) is 28.3 Å². The number of aryl methyl sites for hydroxylation is 1.